The molecule has 2 atom stereocenters. The van der Waals surface area contributed by atoms with Gasteiger partial charge in [-0.1, -0.05) is 20.8 Å². The normalized spacial score (nSPS) is 21.9. The van der Waals surface area contributed by atoms with Gasteiger partial charge in [0, 0.05) is 13.5 Å². The Morgan fingerprint density at radius 1 is 1.24 bits per heavy atom. The molecule has 3 nitrogen and oxygen atoms in total. The topological polar surface area (TPSA) is 37.4 Å². The summed E-state index contributed by atoms with van der Waals surface area (Å²) in [4.78, 5) is 23.9. The summed E-state index contributed by atoms with van der Waals surface area (Å²) in [7, 11) is 0. The number of Topliss-reactive ketones (excluding diaryl/α,β-unsaturated/α-hetero) is 1. The zero-order valence-corrected chi connectivity index (χ0v) is 11.3. The van der Waals surface area contributed by atoms with Crippen molar-refractivity contribution in [3.05, 3.63) is 0 Å². The fourth-order valence-electron chi connectivity index (χ4n) is 1.78. The molecule has 1 amide bonds. The molecule has 102 valence electrons. The summed E-state index contributed by atoms with van der Waals surface area (Å²) in [6.45, 7) is 8.13. The van der Waals surface area contributed by atoms with E-state index in [1.807, 2.05) is 13.8 Å². The second-order valence-corrected chi connectivity index (χ2v) is 3.74. The van der Waals surface area contributed by atoms with Gasteiger partial charge in [-0.25, -0.2) is 8.78 Å². The van der Waals surface area contributed by atoms with Gasteiger partial charge in [0.05, 0.1) is 6.04 Å². The van der Waals surface area contributed by atoms with E-state index in [-0.39, 0.29) is 17.7 Å². The third-order valence-electron chi connectivity index (χ3n) is 2.38. The van der Waals surface area contributed by atoms with Crippen LogP contribution in [-0.2, 0) is 9.59 Å². The molecule has 1 fully saturated rings. The lowest BCUT2D eigenvalue weighted by molar-refractivity contribution is -0.135. The first kappa shape index (κ1) is 18.4. The Bertz CT molecular complexity index is 213. The maximum atomic E-state index is 11.1. The van der Waals surface area contributed by atoms with Gasteiger partial charge in [0.1, 0.15) is 0 Å². The van der Waals surface area contributed by atoms with Crippen LogP contribution < -0.4 is 0 Å². The Hall–Kier alpha value is -1.00. The van der Waals surface area contributed by atoms with Crippen LogP contribution in [-0.4, -0.2) is 36.1 Å². The van der Waals surface area contributed by atoms with Crippen molar-refractivity contribution >= 4 is 11.7 Å². The molecule has 1 rings (SSSR count). The van der Waals surface area contributed by atoms with Crippen LogP contribution in [0.4, 0.5) is 8.78 Å². The van der Waals surface area contributed by atoms with E-state index in [2.05, 4.69) is 6.92 Å². The third-order valence-corrected chi connectivity index (χ3v) is 2.38. The fourth-order valence-corrected chi connectivity index (χ4v) is 1.78. The molecular weight excluding hydrogens is 228 g/mol. The van der Waals surface area contributed by atoms with Crippen LogP contribution in [0.3, 0.4) is 0 Å². The molecule has 0 spiro atoms. The maximum Gasteiger partial charge on any atom is 0.229 e. The van der Waals surface area contributed by atoms with Crippen molar-refractivity contribution in [1.29, 1.82) is 0 Å². The van der Waals surface area contributed by atoms with E-state index in [1.54, 1.807) is 11.8 Å². The van der Waals surface area contributed by atoms with E-state index in [9.17, 15) is 18.4 Å². The highest BCUT2D eigenvalue weighted by atomic mass is 19.3. The van der Waals surface area contributed by atoms with Crippen molar-refractivity contribution in [3.63, 3.8) is 0 Å². The molecule has 1 heterocycles. The van der Waals surface area contributed by atoms with Crippen LogP contribution >= 0.6 is 0 Å². The lowest BCUT2D eigenvalue weighted by Gasteiger charge is -2.20. The first-order chi connectivity index (χ1) is 7.93. The summed E-state index contributed by atoms with van der Waals surface area (Å²) in [6, 6.07) is -0.155. The van der Waals surface area contributed by atoms with E-state index >= 15 is 0 Å². The Balaban J connectivity index is 0. The summed E-state index contributed by atoms with van der Waals surface area (Å²) in [5.74, 6) is 0.580. The number of alkyl halides is 2. The van der Waals surface area contributed by atoms with Crippen molar-refractivity contribution in [3.8, 4) is 0 Å². The molecule has 1 saturated heterocycles. The first-order valence-electron chi connectivity index (χ1n) is 5.83. The molecule has 1 aliphatic rings. The predicted octanol–water partition coefficient (Wildman–Crippen LogP) is 2.74. The summed E-state index contributed by atoms with van der Waals surface area (Å²) in [5.41, 5.74) is 0. The molecule has 0 bridgehead atoms. The van der Waals surface area contributed by atoms with Crippen molar-refractivity contribution in [2.45, 2.75) is 47.1 Å². The standard InChI is InChI=1S/C9H15NO2.C2H6.CH2F2/c1-6-4-9(7(2)11)10(5-6)8(3)12;1-2;2-1-3/h6,9H,4-5H2,1-3H3;1-2H3;1H2. The zero-order chi connectivity index (χ0) is 14.0. The van der Waals surface area contributed by atoms with Crippen LogP contribution in [0.15, 0.2) is 0 Å². The number of halogens is 2. The average molecular weight is 251 g/mol. The number of nitrogens with zero attached hydrogens (tertiary/aromatic N) is 1. The summed E-state index contributed by atoms with van der Waals surface area (Å²) >= 11 is 0. The van der Waals surface area contributed by atoms with E-state index in [0.717, 1.165) is 13.0 Å². The number of ketones is 1. The van der Waals surface area contributed by atoms with Crippen LogP contribution in [0.5, 0.6) is 0 Å². The van der Waals surface area contributed by atoms with E-state index in [4.69, 9.17) is 0 Å². The molecule has 17 heavy (non-hydrogen) atoms. The average Bonchev–Trinajstić information content (AvgIpc) is 2.65. The van der Waals surface area contributed by atoms with Gasteiger partial charge in [0.25, 0.3) is 0 Å². The minimum Gasteiger partial charge on any atom is -0.333 e. The van der Waals surface area contributed by atoms with Crippen molar-refractivity contribution in [2.24, 2.45) is 5.92 Å². The summed E-state index contributed by atoms with van der Waals surface area (Å²) in [5, 5.41) is 0. The van der Waals surface area contributed by atoms with Gasteiger partial charge >= 0.3 is 0 Å². The van der Waals surface area contributed by atoms with E-state index < -0.39 is 6.93 Å². The monoisotopic (exact) mass is 251 g/mol. The molecular formula is C12H23F2NO2. The third kappa shape index (κ3) is 7.02. The molecule has 0 saturated carbocycles. The second kappa shape index (κ2) is 10.2. The molecule has 0 aromatic heterocycles. The Morgan fingerprint density at radius 3 is 1.88 bits per heavy atom. The van der Waals surface area contributed by atoms with Crippen molar-refractivity contribution in [1.82, 2.24) is 4.90 Å². The highest BCUT2D eigenvalue weighted by molar-refractivity contribution is 5.87. The van der Waals surface area contributed by atoms with Gasteiger partial charge in [-0.2, -0.15) is 0 Å². The quantitative estimate of drug-likeness (QED) is 0.718. The zero-order valence-electron chi connectivity index (χ0n) is 11.3. The number of carbonyl (C=O) groups excluding carboxylic acids is 2. The van der Waals surface area contributed by atoms with E-state index in [1.165, 1.54) is 6.92 Å². The molecule has 5 heteroatoms. The fraction of sp³-hybridized carbons (Fsp3) is 0.833. The summed E-state index contributed by atoms with van der Waals surface area (Å²) < 4.78 is 19.2. The number of hydrogen-bond donors (Lipinski definition) is 0. The van der Waals surface area contributed by atoms with Gasteiger partial charge in [-0.15, -0.1) is 0 Å². The van der Waals surface area contributed by atoms with Crippen LogP contribution in [0.2, 0.25) is 0 Å². The maximum absolute atomic E-state index is 11.1. The van der Waals surface area contributed by atoms with Gasteiger partial charge in [-0.05, 0) is 19.3 Å². The van der Waals surface area contributed by atoms with Gasteiger partial charge in [-0.3, -0.25) is 9.59 Å². The molecule has 0 radical (unpaired) electrons. The first-order valence-corrected chi connectivity index (χ1v) is 5.83. The lowest BCUT2D eigenvalue weighted by Crippen LogP contribution is -2.38. The van der Waals surface area contributed by atoms with Crippen LogP contribution in [0.1, 0.15) is 41.0 Å². The lowest BCUT2D eigenvalue weighted by atomic mass is 10.1. The Morgan fingerprint density at radius 2 is 1.65 bits per heavy atom. The van der Waals surface area contributed by atoms with Gasteiger partial charge in [0.2, 0.25) is 12.8 Å². The number of likely N-dealkylation sites (tertiary alicyclic amines) is 1. The van der Waals surface area contributed by atoms with E-state index in [0.29, 0.717) is 5.92 Å². The number of amides is 1. The molecule has 2 unspecified atom stereocenters. The highest BCUT2D eigenvalue weighted by Crippen LogP contribution is 2.23. The van der Waals surface area contributed by atoms with Gasteiger partial charge < -0.3 is 4.90 Å². The predicted molar refractivity (Wildman–Crippen MR) is 64.1 cm³/mol. The largest absolute Gasteiger partial charge is 0.333 e. The second-order valence-electron chi connectivity index (χ2n) is 3.74. The molecule has 0 aliphatic carbocycles. The summed E-state index contributed by atoms with van der Waals surface area (Å²) in [6.07, 6.45) is 0.828. The minimum atomic E-state index is -1.75. The smallest absolute Gasteiger partial charge is 0.229 e. The van der Waals surface area contributed by atoms with Gasteiger partial charge in [0.15, 0.2) is 5.78 Å². The molecule has 0 N–H and O–H groups in total. The molecule has 0 aromatic carbocycles. The SMILES string of the molecule is CC.CC(=O)C1CC(C)CN1C(C)=O.FCF. The van der Waals surface area contributed by atoms with Crippen molar-refractivity contribution in [2.75, 3.05) is 13.5 Å². The highest BCUT2D eigenvalue weighted by Gasteiger charge is 2.33. The minimum absolute atomic E-state index is 0.0135. The van der Waals surface area contributed by atoms with Crippen molar-refractivity contribution < 1.29 is 18.4 Å². The molecule has 1 aliphatic heterocycles. The number of rotatable bonds is 1. The number of hydrogen-bond acceptors (Lipinski definition) is 2. The molecule has 0 aromatic rings. The van der Waals surface area contributed by atoms with Crippen LogP contribution in [0, 0.1) is 5.92 Å². The Labute approximate surface area is 102 Å². The number of carbonyl (C=O) groups is 2. The Kier molecular flexibility index (Phi) is 11.0. The van der Waals surface area contributed by atoms with Crippen LogP contribution in [0.25, 0.3) is 0 Å².